The van der Waals surface area contributed by atoms with Crippen molar-refractivity contribution in [1.82, 2.24) is 4.90 Å². The lowest BCUT2D eigenvalue weighted by Gasteiger charge is -2.42. The topological polar surface area (TPSA) is 63.4 Å². The molecule has 4 heteroatoms. The molecule has 3 unspecified atom stereocenters. The Bertz CT molecular complexity index is 570. The molecule has 2 N–H and O–H groups in total. The van der Waals surface area contributed by atoms with Gasteiger partial charge in [-0.15, -0.1) is 0 Å². The van der Waals surface area contributed by atoms with Crippen LogP contribution in [0.15, 0.2) is 24.3 Å². The number of hydrogen-bond acceptors (Lipinski definition) is 3. The molecule has 1 aliphatic heterocycles. The zero-order valence-corrected chi connectivity index (χ0v) is 12.4. The Morgan fingerprint density at radius 3 is 2.76 bits per heavy atom. The normalized spacial score (nSPS) is 29.4. The molecule has 1 aromatic carbocycles. The number of fused-ring (bicyclic) bond motifs is 1. The summed E-state index contributed by atoms with van der Waals surface area (Å²) in [5, 5.41) is 0. The lowest BCUT2D eigenvalue weighted by molar-refractivity contribution is -0.132. The summed E-state index contributed by atoms with van der Waals surface area (Å²) in [5.74, 6) is 0.561. The van der Waals surface area contributed by atoms with Crippen LogP contribution >= 0.6 is 0 Å². The number of amides is 2. The maximum Gasteiger partial charge on any atom is 0.261 e. The summed E-state index contributed by atoms with van der Waals surface area (Å²) in [6.07, 6.45) is 3.33. The summed E-state index contributed by atoms with van der Waals surface area (Å²) in [6, 6.07) is 7.38. The Morgan fingerprint density at radius 1 is 1.24 bits per heavy atom. The number of imide groups is 1. The van der Waals surface area contributed by atoms with Gasteiger partial charge in [0.15, 0.2) is 0 Å². The van der Waals surface area contributed by atoms with Crippen LogP contribution in [0.5, 0.6) is 0 Å². The minimum atomic E-state index is -0.139. The highest BCUT2D eigenvalue weighted by atomic mass is 16.2. The van der Waals surface area contributed by atoms with E-state index in [0.29, 0.717) is 24.4 Å². The molecule has 2 amide bonds. The molecule has 1 saturated carbocycles. The monoisotopic (exact) mass is 286 g/mol. The summed E-state index contributed by atoms with van der Waals surface area (Å²) < 4.78 is 0. The third-order valence-electron chi connectivity index (χ3n) is 4.93. The summed E-state index contributed by atoms with van der Waals surface area (Å²) in [7, 11) is 0. The van der Waals surface area contributed by atoms with E-state index in [4.69, 9.17) is 5.73 Å². The number of benzene rings is 1. The van der Waals surface area contributed by atoms with Crippen molar-refractivity contribution in [2.24, 2.45) is 17.6 Å². The molecule has 4 nitrogen and oxygen atoms in total. The predicted octanol–water partition coefficient (Wildman–Crippen LogP) is 1.97. The molecule has 21 heavy (non-hydrogen) atoms. The van der Waals surface area contributed by atoms with E-state index in [0.717, 1.165) is 24.8 Å². The molecule has 3 rings (SSSR count). The van der Waals surface area contributed by atoms with Crippen LogP contribution in [0.1, 0.15) is 42.1 Å². The van der Waals surface area contributed by atoms with Crippen LogP contribution in [0.2, 0.25) is 0 Å². The van der Waals surface area contributed by atoms with E-state index < -0.39 is 0 Å². The molecule has 1 aliphatic carbocycles. The van der Waals surface area contributed by atoms with Gasteiger partial charge in [-0.2, -0.15) is 0 Å². The van der Waals surface area contributed by atoms with Gasteiger partial charge in [0.05, 0.1) is 6.42 Å². The van der Waals surface area contributed by atoms with Gasteiger partial charge in [0, 0.05) is 11.6 Å². The Kier molecular flexibility index (Phi) is 3.81. The van der Waals surface area contributed by atoms with Gasteiger partial charge in [0.2, 0.25) is 5.91 Å². The zero-order valence-electron chi connectivity index (χ0n) is 12.4. The molecule has 1 aromatic rings. The summed E-state index contributed by atoms with van der Waals surface area (Å²) >= 11 is 0. The van der Waals surface area contributed by atoms with E-state index >= 15 is 0 Å². The molecule has 1 fully saturated rings. The van der Waals surface area contributed by atoms with E-state index in [-0.39, 0.29) is 23.8 Å². The van der Waals surface area contributed by atoms with Crippen molar-refractivity contribution < 1.29 is 9.59 Å². The van der Waals surface area contributed by atoms with Crippen molar-refractivity contribution in [2.75, 3.05) is 6.54 Å². The van der Waals surface area contributed by atoms with Crippen LogP contribution in [0.3, 0.4) is 0 Å². The molecular formula is C17H22N2O2. The van der Waals surface area contributed by atoms with Crippen LogP contribution in [0.25, 0.3) is 0 Å². The van der Waals surface area contributed by atoms with E-state index in [1.807, 2.05) is 24.3 Å². The molecule has 2 aliphatic rings. The van der Waals surface area contributed by atoms with E-state index in [2.05, 4.69) is 6.92 Å². The lowest BCUT2D eigenvalue weighted by atomic mass is 9.77. The fourth-order valence-corrected chi connectivity index (χ4v) is 3.71. The first kappa shape index (κ1) is 14.3. The smallest absolute Gasteiger partial charge is 0.261 e. The minimum Gasteiger partial charge on any atom is -0.330 e. The summed E-state index contributed by atoms with van der Waals surface area (Å²) in [5.41, 5.74) is 7.40. The van der Waals surface area contributed by atoms with Gasteiger partial charge >= 0.3 is 0 Å². The number of rotatable bonds is 2. The number of nitrogens with zero attached hydrogens (tertiary/aromatic N) is 1. The van der Waals surface area contributed by atoms with Gasteiger partial charge in [0.1, 0.15) is 0 Å². The third-order valence-corrected chi connectivity index (χ3v) is 4.93. The van der Waals surface area contributed by atoms with E-state index in [1.165, 1.54) is 4.90 Å². The quantitative estimate of drug-likeness (QED) is 0.845. The largest absolute Gasteiger partial charge is 0.330 e. The maximum atomic E-state index is 12.8. The second kappa shape index (κ2) is 5.60. The highest BCUT2D eigenvalue weighted by molar-refractivity contribution is 6.10. The average Bonchev–Trinajstić information content (AvgIpc) is 2.47. The summed E-state index contributed by atoms with van der Waals surface area (Å²) in [4.78, 5) is 26.8. The molecule has 112 valence electrons. The maximum absolute atomic E-state index is 12.8. The van der Waals surface area contributed by atoms with Crippen molar-refractivity contribution >= 4 is 11.8 Å². The van der Waals surface area contributed by atoms with Crippen LogP contribution in [-0.4, -0.2) is 29.3 Å². The van der Waals surface area contributed by atoms with Crippen molar-refractivity contribution in [3.8, 4) is 0 Å². The Labute approximate surface area is 125 Å². The van der Waals surface area contributed by atoms with Crippen LogP contribution in [0.4, 0.5) is 0 Å². The minimum absolute atomic E-state index is 0.0351. The van der Waals surface area contributed by atoms with E-state index in [1.54, 1.807) is 0 Å². The van der Waals surface area contributed by atoms with Crippen LogP contribution in [0, 0.1) is 11.8 Å². The predicted molar refractivity (Wildman–Crippen MR) is 80.7 cm³/mol. The average molecular weight is 286 g/mol. The van der Waals surface area contributed by atoms with Gasteiger partial charge in [-0.05, 0) is 42.9 Å². The van der Waals surface area contributed by atoms with Gasteiger partial charge < -0.3 is 5.73 Å². The van der Waals surface area contributed by atoms with Gasteiger partial charge in [-0.3, -0.25) is 14.5 Å². The Hall–Kier alpha value is -1.68. The first-order valence-electron chi connectivity index (χ1n) is 7.76. The van der Waals surface area contributed by atoms with Crippen molar-refractivity contribution in [3.63, 3.8) is 0 Å². The Balaban J connectivity index is 1.94. The molecule has 0 aromatic heterocycles. The third kappa shape index (κ3) is 2.48. The molecule has 0 saturated heterocycles. The molecule has 0 bridgehead atoms. The fourth-order valence-electron chi connectivity index (χ4n) is 3.71. The standard InChI is InChI=1S/C17H22N2O2/c1-11-6-7-13(10-18)15(8-11)19-16(20)9-12-4-2-3-5-14(12)17(19)21/h2-5,11,13,15H,6-10,18H2,1H3. The SMILES string of the molecule is CC1CCC(CN)C(N2C(=O)Cc3ccccc3C2=O)C1. The highest BCUT2D eigenvalue weighted by Crippen LogP contribution is 2.34. The van der Waals surface area contributed by atoms with Crippen molar-refractivity contribution in [3.05, 3.63) is 35.4 Å². The molecule has 3 atom stereocenters. The first-order valence-corrected chi connectivity index (χ1v) is 7.76. The van der Waals surface area contributed by atoms with Crippen molar-refractivity contribution in [1.29, 1.82) is 0 Å². The zero-order chi connectivity index (χ0) is 15.0. The Morgan fingerprint density at radius 2 is 2.00 bits per heavy atom. The van der Waals surface area contributed by atoms with Gasteiger partial charge in [-0.1, -0.05) is 31.5 Å². The number of nitrogens with two attached hydrogens (primary N) is 1. The number of hydrogen-bond donors (Lipinski definition) is 1. The van der Waals surface area contributed by atoms with Crippen LogP contribution in [-0.2, 0) is 11.2 Å². The van der Waals surface area contributed by atoms with Gasteiger partial charge in [0.25, 0.3) is 5.91 Å². The molecule has 0 radical (unpaired) electrons. The van der Waals surface area contributed by atoms with E-state index in [9.17, 15) is 9.59 Å². The van der Waals surface area contributed by atoms with Gasteiger partial charge in [-0.25, -0.2) is 0 Å². The number of carbonyl (C=O) groups is 2. The highest BCUT2D eigenvalue weighted by Gasteiger charge is 2.41. The van der Waals surface area contributed by atoms with Crippen molar-refractivity contribution in [2.45, 2.75) is 38.6 Å². The molecular weight excluding hydrogens is 264 g/mol. The fraction of sp³-hybridized carbons (Fsp3) is 0.529. The number of carbonyl (C=O) groups excluding carboxylic acids is 2. The lowest BCUT2D eigenvalue weighted by Crippen LogP contribution is -2.54. The van der Waals surface area contributed by atoms with Crippen LogP contribution < -0.4 is 5.73 Å². The first-order chi connectivity index (χ1) is 10.1. The second-order valence-electron chi connectivity index (χ2n) is 6.38. The second-order valence-corrected chi connectivity index (χ2v) is 6.38. The molecule has 0 spiro atoms. The molecule has 1 heterocycles. The summed E-state index contributed by atoms with van der Waals surface area (Å²) in [6.45, 7) is 2.72.